The van der Waals surface area contributed by atoms with Crippen molar-refractivity contribution in [2.75, 3.05) is 31.0 Å². The number of thiazole rings is 1. The lowest BCUT2D eigenvalue weighted by molar-refractivity contribution is -0.150. The maximum absolute atomic E-state index is 12.8. The Balaban J connectivity index is 1.45. The number of carboxylic acids is 1. The summed E-state index contributed by atoms with van der Waals surface area (Å²) in [4.78, 5) is 42.7. The summed E-state index contributed by atoms with van der Waals surface area (Å²) in [5.41, 5.74) is 7.60. The quantitative estimate of drug-likeness (QED) is 0.273. The minimum Gasteiger partial charge on any atom is -0.477 e. The van der Waals surface area contributed by atoms with Gasteiger partial charge >= 0.3 is 5.97 Å². The Morgan fingerprint density at radius 1 is 1.47 bits per heavy atom. The van der Waals surface area contributed by atoms with Crippen LogP contribution in [0, 0.1) is 0 Å². The molecule has 170 valence electrons. The van der Waals surface area contributed by atoms with Crippen molar-refractivity contribution in [1.29, 1.82) is 0 Å². The second-order valence-corrected chi connectivity index (χ2v) is 10.00. The summed E-state index contributed by atoms with van der Waals surface area (Å²) < 4.78 is 1.63. The molecule has 2 amide bonds. The number of nitrogens with zero attached hydrogens (tertiary/aromatic N) is 6. The average molecular weight is 517 g/mol. The third-order valence-electron chi connectivity index (χ3n) is 4.69. The molecule has 2 atom stereocenters. The average Bonchev–Trinajstić information content (AvgIpc) is 3.38. The number of thioether (sulfide) groups is 1. The fraction of sp³-hybridized carbons (Fsp3) is 0.375. The lowest BCUT2D eigenvalue weighted by atomic mass is 10.0. The highest BCUT2D eigenvalue weighted by atomic mass is 35.5. The fourth-order valence-electron chi connectivity index (χ4n) is 3.21. The van der Waals surface area contributed by atoms with Gasteiger partial charge in [0.2, 0.25) is 0 Å². The number of carboxylic acid groups (broad SMARTS) is 1. The van der Waals surface area contributed by atoms with Crippen molar-refractivity contribution < 1.29 is 19.5 Å². The number of nitrogens with one attached hydrogen (secondary N) is 1. The SMILES string of the molecule is CN1CN(SCC2=C(C(=O)O)N3C(=O)C(NC(=O)/C(=C/Cl)c4csc(N)n4)[C@H]3SC2)N=N1. The van der Waals surface area contributed by atoms with Crippen molar-refractivity contribution in [1.82, 2.24) is 24.6 Å². The molecule has 0 aliphatic carbocycles. The molecule has 0 radical (unpaired) electrons. The van der Waals surface area contributed by atoms with Crippen LogP contribution in [-0.2, 0) is 14.4 Å². The standard InChI is InChI=1S/C16H17ClN8O4S3/c1-23-6-24(22-21-23)32-4-7-3-30-14-10(13(27)25(14)11(7)15(28)29)20-12(26)8(2-17)9-5-31-16(18)19-9/h2,5,10,14H,3-4,6H2,1H3,(H2,18,19)(H,20,26)(H,28,29)/b8-2+/t10?,14-/m1/s1. The maximum Gasteiger partial charge on any atom is 0.352 e. The largest absolute Gasteiger partial charge is 0.477 e. The van der Waals surface area contributed by atoms with Gasteiger partial charge in [-0.25, -0.2) is 9.78 Å². The molecular formula is C16H17ClN8O4S3. The van der Waals surface area contributed by atoms with Gasteiger partial charge in [0.25, 0.3) is 11.8 Å². The monoisotopic (exact) mass is 516 g/mol. The molecule has 3 aliphatic heterocycles. The molecule has 0 spiro atoms. The second-order valence-electron chi connectivity index (χ2n) is 6.82. The van der Waals surface area contributed by atoms with Crippen LogP contribution in [0.2, 0.25) is 0 Å². The lowest BCUT2D eigenvalue weighted by Gasteiger charge is -2.49. The van der Waals surface area contributed by atoms with Gasteiger partial charge in [-0.3, -0.25) is 19.5 Å². The number of fused-ring (bicyclic) bond motifs is 1. The van der Waals surface area contributed by atoms with Crippen LogP contribution in [0.25, 0.3) is 5.57 Å². The fourth-order valence-corrected chi connectivity index (χ4v) is 6.34. The summed E-state index contributed by atoms with van der Waals surface area (Å²) in [7, 11) is 1.77. The number of hydrogen-bond acceptors (Lipinski definition) is 12. The zero-order chi connectivity index (χ0) is 23.0. The maximum atomic E-state index is 12.8. The summed E-state index contributed by atoms with van der Waals surface area (Å²) >= 11 is 9.65. The molecular weight excluding hydrogens is 500 g/mol. The van der Waals surface area contributed by atoms with Crippen molar-refractivity contribution in [3.05, 3.63) is 27.9 Å². The summed E-state index contributed by atoms with van der Waals surface area (Å²) in [6, 6.07) is -0.875. The van der Waals surface area contributed by atoms with E-state index in [1.807, 2.05) is 0 Å². The second kappa shape index (κ2) is 9.17. The van der Waals surface area contributed by atoms with E-state index < -0.39 is 29.2 Å². The summed E-state index contributed by atoms with van der Waals surface area (Å²) in [6.45, 7) is 0.480. The first-order chi connectivity index (χ1) is 15.3. The first-order valence-corrected chi connectivity index (χ1v) is 12.4. The van der Waals surface area contributed by atoms with Crippen molar-refractivity contribution >= 4 is 75.1 Å². The third-order valence-corrected chi connectivity index (χ3v) is 7.89. The van der Waals surface area contributed by atoms with Crippen molar-refractivity contribution in [3.63, 3.8) is 0 Å². The normalized spacial score (nSPS) is 22.9. The Labute approximate surface area is 199 Å². The van der Waals surface area contributed by atoms with Gasteiger partial charge in [-0.1, -0.05) is 16.8 Å². The molecule has 0 saturated carbocycles. The molecule has 4 N–H and O–H groups in total. The number of amides is 2. The van der Waals surface area contributed by atoms with Crippen LogP contribution < -0.4 is 11.1 Å². The van der Waals surface area contributed by atoms with Gasteiger partial charge in [0, 0.05) is 29.5 Å². The van der Waals surface area contributed by atoms with E-state index >= 15 is 0 Å². The van der Waals surface area contributed by atoms with Gasteiger partial charge in [0.15, 0.2) is 5.13 Å². The Morgan fingerprint density at radius 3 is 2.84 bits per heavy atom. The number of aromatic nitrogens is 1. The van der Waals surface area contributed by atoms with Crippen molar-refractivity contribution in [2.24, 2.45) is 10.4 Å². The molecule has 1 aromatic rings. The van der Waals surface area contributed by atoms with Gasteiger partial charge < -0.3 is 16.2 Å². The molecule has 1 fully saturated rings. The number of carbonyl (C=O) groups excluding carboxylic acids is 2. The highest BCUT2D eigenvalue weighted by molar-refractivity contribution is 8.00. The van der Waals surface area contributed by atoms with Gasteiger partial charge in [0.05, 0.1) is 11.3 Å². The van der Waals surface area contributed by atoms with Gasteiger partial charge in [0.1, 0.15) is 23.8 Å². The number of nitrogens with two attached hydrogens (primary N) is 1. The molecule has 3 aliphatic rings. The smallest absolute Gasteiger partial charge is 0.352 e. The van der Waals surface area contributed by atoms with Crippen molar-refractivity contribution in [3.8, 4) is 0 Å². The number of carbonyl (C=O) groups is 3. The Kier molecular flexibility index (Phi) is 6.50. The van der Waals surface area contributed by atoms with Crippen LogP contribution in [0.4, 0.5) is 5.13 Å². The van der Waals surface area contributed by atoms with E-state index in [1.54, 1.807) is 21.9 Å². The molecule has 32 heavy (non-hydrogen) atoms. The molecule has 1 unspecified atom stereocenters. The number of hydrogen-bond donors (Lipinski definition) is 3. The van der Waals surface area contributed by atoms with E-state index in [1.165, 1.54) is 28.6 Å². The summed E-state index contributed by atoms with van der Waals surface area (Å²) in [5, 5.41) is 23.2. The molecule has 1 saturated heterocycles. The minimum absolute atomic E-state index is 0.0541. The highest BCUT2D eigenvalue weighted by Gasteiger charge is 2.54. The van der Waals surface area contributed by atoms with Gasteiger partial charge in [-0.2, -0.15) is 4.41 Å². The molecule has 4 heterocycles. The zero-order valence-corrected chi connectivity index (χ0v) is 19.7. The topological polar surface area (TPSA) is 157 Å². The van der Waals surface area contributed by atoms with E-state index in [-0.39, 0.29) is 16.4 Å². The molecule has 0 bridgehead atoms. The number of aliphatic carboxylic acids is 1. The molecule has 1 aromatic heterocycles. The minimum atomic E-state index is -1.19. The first-order valence-electron chi connectivity index (χ1n) is 9.06. The predicted octanol–water partition coefficient (Wildman–Crippen LogP) is 1.18. The first kappa shape index (κ1) is 22.7. The van der Waals surface area contributed by atoms with E-state index in [2.05, 4.69) is 20.7 Å². The summed E-state index contributed by atoms with van der Waals surface area (Å²) in [6.07, 6.45) is 0. The number of β-lactam (4-membered cyclic amide) rings is 1. The van der Waals surface area contributed by atoms with Crippen LogP contribution in [0.1, 0.15) is 5.69 Å². The number of rotatable bonds is 7. The molecule has 0 aromatic carbocycles. The van der Waals surface area contributed by atoms with Gasteiger partial charge in [-0.05, 0) is 22.7 Å². The van der Waals surface area contributed by atoms with Gasteiger partial charge in [-0.15, -0.1) is 23.1 Å². The lowest BCUT2D eigenvalue weighted by Crippen LogP contribution is -2.70. The van der Waals surface area contributed by atoms with Crippen LogP contribution in [0.3, 0.4) is 0 Å². The van der Waals surface area contributed by atoms with E-state index in [9.17, 15) is 19.5 Å². The Hall–Kier alpha value is -2.49. The molecule has 12 nitrogen and oxygen atoms in total. The van der Waals surface area contributed by atoms with E-state index in [0.29, 0.717) is 29.4 Å². The van der Waals surface area contributed by atoms with Crippen LogP contribution in [0.5, 0.6) is 0 Å². The number of nitrogen functional groups attached to an aromatic ring is 1. The molecule has 4 rings (SSSR count). The van der Waals surface area contributed by atoms with E-state index in [0.717, 1.165) is 16.9 Å². The van der Waals surface area contributed by atoms with Crippen LogP contribution >= 0.6 is 46.6 Å². The van der Waals surface area contributed by atoms with Crippen LogP contribution in [0.15, 0.2) is 32.6 Å². The molecule has 16 heteroatoms. The number of anilines is 1. The third kappa shape index (κ3) is 4.24. The Morgan fingerprint density at radius 2 is 2.25 bits per heavy atom. The predicted molar refractivity (Wildman–Crippen MR) is 122 cm³/mol. The van der Waals surface area contributed by atoms with Crippen LogP contribution in [-0.4, -0.2) is 78.8 Å². The highest BCUT2D eigenvalue weighted by Crippen LogP contribution is 2.41. The van der Waals surface area contributed by atoms with Crippen molar-refractivity contribution in [2.45, 2.75) is 11.4 Å². The Bertz CT molecular complexity index is 1060. The number of halogens is 1. The zero-order valence-electron chi connectivity index (χ0n) is 16.5. The van der Waals surface area contributed by atoms with E-state index in [4.69, 9.17) is 17.3 Å². The summed E-state index contributed by atoms with van der Waals surface area (Å²) in [5.74, 6) is -1.53.